The first-order valence-corrected chi connectivity index (χ1v) is 8.33. The second kappa shape index (κ2) is 19.0. The molecule has 0 saturated carbocycles. The van der Waals surface area contributed by atoms with E-state index in [4.69, 9.17) is 52.8 Å². The Morgan fingerprint density at radius 1 is 0.579 bits per heavy atom. The molecule has 0 N–H and O–H groups in total. The van der Waals surface area contributed by atoms with Crippen molar-refractivity contribution in [1.82, 2.24) is 0 Å². The summed E-state index contributed by atoms with van der Waals surface area (Å²) >= 11 is -6.02. The zero-order valence-electron chi connectivity index (χ0n) is 9.03. The molecule has 0 aromatic rings. The predicted octanol–water partition coefficient (Wildman–Crippen LogP) is -8.28. The standard InChI is InChI=1S/Mo.2H3O4P.4O.4Zn/c;2*1-5(2,3)4;;;;;;;;/h;2*(H3,1,2,3,4);;;;;;;;/q;;;;;2*-1;4*+2/p-6. The second-order valence-corrected chi connectivity index (χ2v) is 5.10. The van der Waals surface area contributed by atoms with Gasteiger partial charge in [-0.2, -0.15) is 15.6 Å². The Hall–Kier alpha value is 2.92. The van der Waals surface area contributed by atoms with Crippen LogP contribution in [0.3, 0.4) is 0 Å². The molecule has 0 aromatic heterocycles. The van der Waals surface area contributed by atoms with Crippen molar-refractivity contribution >= 4 is 15.6 Å². The Morgan fingerprint density at radius 3 is 0.579 bits per heavy atom. The van der Waals surface area contributed by atoms with Crippen LogP contribution in [-0.4, -0.2) is 0 Å². The van der Waals surface area contributed by atoms with E-state index in [0.29, 0.717) is 0 Å². The molecule has 19 heavy (non-hydrogen) atoms. The van der Waals surface area contributed by atoms with Crippen LogP contribution in [0, 0.1) is 0 Å². The molecule has 0 bridgehead atoms. The smallest absolute Gasteiger partial charge is 2.00 e. The van der Waals surface area contributed by atoms with Crippen LogP contribution in [0.25, 0.3) is 0 Å². The van der Waals surface area contributed by atoms with Gasteiger partial charge in [-0.25, -0.2) is 0 Å². The Labute approximate surface area is 161 Å². The van der Waals surface area contributed by atoms with Gasteiger partial charge in [-0.3, -0.25) is 0 Å². The van der Waals surface area contributed by atoms with Gasteiger partial charge < -0.3 is 38.5 Å². The maximum absolute atomic E-state index is 8.63. The molecule has 0 unspecified atom stereocenters. The SMILES string of the molecule is O=P([O-])([O-])[O-].O=P([O-])([O-])[O-].[O]=[Mo](=[O])([O-])[O-].[Zn+2].[Zn+2].[Zn+2].[Zn+2]. The van der Waals surface area contributed by atoms with Gasteiger partial charge in [0.1, 0.15) is 0 Å². The molecular formula is MoO12P2Zn4. The summed E-state index contributed by atoms with van der Waals surface area (Å²) in [6, 6.07) is 0. The molecular weight excluding hydrogens is 611 g/mol. The third-order valence-corrected chi connectivity index (χ3v) is 0. The Bertz CT molecular complexity index is 292. The van der Waals surface area contributed by atoms with Gasteiger partial charge in [-0.1, -0.05) is 0 Å². The van der Waals surface area contributed by atoms with Crippen molar-refractivity contribution in [3.05, 3.63) is 0 Å². The predicted molar refractivity (Wildman–Crippen MR) is 16.6 cm³/mol. The van der Waals surface area contributed by atoms with Crippen molar-refractivity contribution in [3.8, 4) is 0 Å². The normalized spacial score (nSPS) is 9.26. The molecule has 0 radical (unpaired) electrons. The number of phosphoric acid groups is 2. The Balaban J connectivity index is -0.0000000206. The van der Waals surface area contributed by atoms with Gasteiger partial charge >= 0.3 is 109 Å². The molecule has 0 aliphatic carbocycles. The van der Waals surface area contributed by atoms with E-state index in [1.807, 2.05) is 0 Å². The van der Waals surface area contributed by atoms with Crippen molar-refractivity contribution in [3.63, 3.8) is 0 Å². The monoisotopic (exact) mass is 608 g/mol. The molecule has 0 spiro atoms. The third-order valence-electron chi connectivity index (χ3n) is 0. The summed E-state index contributed by atoms with van der Waals surface area (Å²) in [6.07, 6.45) is 0. The zero-order chi connectivity index (χ0) is 13.5. The molecule has 0 atom stereocenters. The summed E-state index contributed by atoms with van der Waals surface area (Å²) in [5.74, 6) is 0. The van der Waals surface area contributed by atoms with Crippen LogP contribution in [0.1, 0.15) is 0 Å². The van der Waals surface area contributed by atoms with Crippen molar-refractivity contribution in [2.24, 2.45) is 0 Å². The van der Waals surface area contributed by atoms with Crippen molar-refractivity contribution in [1.29, 1.82) is 0 Å². The van der Waals surface area contributed by atoms with Gasteiger partial charge in [0.25, 0.3) is 0 Å². The van der Waals surface area contributed by atoms with Gasteiger partial charge in [0, 0.05) is 0 Å². The zero-order valence-corrected chi connectivity index (χ0v) is 24.7. The molecule has 0 fully saturated rings. The average Bonchev–Trinajstić information content (AvgIpc) is 1.41. The van der Waals surface area contributed by atoms with Crippen molar-refractivity contribution in [2.45, 2.75) is 0 Å². The first kappa shape index (κ1) is 43.1. The van der Waals surface area contributed by atoms with Gasteiger partial charge in [-0.05, 0) is 0 Å². The van der Waals surface area contributed by atoms with E-state index < -0.39 is 32.4 Å². The minimum Gasteiger partial charge on any atom is 2.00 e. The van der Waals surface area contributed by atoms with E-state index >= 15 is 0 Å². The van der Waals surface area contributed by atoms with Crippen LogP contribution in [-0.2, 0) is 111 Å². The van der Waals surface area contributed by atoms with Gasteiger partial charge in [0.2, 0.25) is 0 Å². The van der Waals surface area contributed by atoms with Gasteiger partial charge in [0.05, 0.1) is 0 Å². The Morgan fingerprint density at radius 2 is 0.579 bits per heavy atom. The maximum atomic E-state index is 8.63. The largest absolute Gasteiger partial charge is 2.00 e. The summed E-state index contributed by atoms with van der Waals surface area (Å²) < 4.78 is 51.6. The number of hydrogen-bond acceptors (Lipinski definition) is 12. The van der Waals surface area contributed by atoms with E-state index in [1.54, 1.807) is 0 Å². The molecule has 12 nitrogen and oxygen atoms in total. The molecule has 0 heterocycles. The number of hydrogen-bond donors (Lipinski definition) is 0. The minimum absolute atomic E-state index is 0. The van der Waals surface area contributed by atoms with E-state index in [1.165, 1.54) is 0 Å². The van der Waals surface area contributed by atoms with Gasteiger partial charge in [-0.15, -0.1) is 0 Å². The summed E-state index contributed by atoms with van der Waals surface area (Å²) in [5, 5.41) is 0. The van der Waals surface area contributed by atoms with Crippen LogP contribution in [0.15, 0.2) is 0 Å². The second-order valence-electron chi connectivity index (χ2n) is 1.30. The van der Waals surface area contributed by atoms with Crippen LogP contribution < -0.4 is 36.9 Å². The molecule has 0 amide bonds. The van der Waals surface area contributed by atoms with Crippen LogP contribution >= 0.6 is 15.6 Å². The number of rotatable bonds is 0. The first-order valence-electron chi connectivity index (χ1n) is 2.13. The molecule has 0 aliphatic heterocycles. The summed E-state index contributed by atoms with van der Waals surface area (Å²) in [5.41, 5.74) is 0. The van der Waals surface area contributed by atoms with Crippen LogP contribution in [0.2, 0.25) is 0 Å². The fourth-order valence-corrected chi connectivity index (χ4v) is 0. The van der Waals surface area contributed by atoms with E-state index in [-0.39, 0.29) is 77.9 Å². The molecule has 0 saturated heterocycles. The third kappa shape index (κ3) is 877. The van der Waals surface area contributed by atoms with Crippen molar-refractivity contribution in [2.75, 3.05) is 0 Å². The molecule has 0 rings (SSSR count). The average molecular weight is 611 g/mol. The van der Waals surface area contributed by atoms with E-state index in [2.05, 4.69) is 0 Å². The van der Waals surface area contributed by atoms with Crippen LogP contribution in [0.4, 0.5) is 0 Å². The quantitative estimate of drug-likeness (QED) is 0.183. The maximum Gasteiger partial charge on any atom is 2.00 e. The van der Waals surface area contributed by atoms with Gasteiger partial charge in [0.15, 0.2) is 0 Å². The molecule has 0 aromatic carbocycles. The van der Waals surface area contributed by atoms with E-state index in [9.17, 15) is 0 Å². The molecule has 19 heteroatoms. The Kier molecular flexibility index (Phi) is 43.0. The summed E-state index contributed by atoms with van der Waals surface area (Å²) in [6.45, 7) is 0. The fraction of sp³-hybridized carbons (Fsp3) is 0. The molecule has 96 valence electrons. The van der Waals surface area contributed by atoms with Crippen molar-refractivity contribution < 1.29 is 147 Å². The minimum atomic E-state index is -6.02. The van der Waals surface area contributed by atoms with Crippen LogP contribution in [0.5, 0.6) is 0 Å². The topological polar surface area (TPSA) is 253 Å². The fourth-order valence-electron chi connectivity index (χ4n) is 0. The summed E-state index contributed by atoms with van der Waals surface area (Å²) in [4.78, 5) is 51.3. The summed E-state index contributed by atoms with van der Waals surface area (Å²) in [7, 11) is -10.8. The first-order chi connectivity index (χ1) is 6.00. The molecule has 0 aliphatic rings. The van der Waals surface area contributed by atoms with E-state index in [0.717, 1.165) is 0 Å².